The average Bonchev–Trinajstić information content (AvgIpc) is 2.60. The van der Waals surface area contributed by atoms with Crippen LogP contribution in [0.5, 0.6) is 0 Å². The highest BCUT2D eigenvalue weighted by atomic mass is 32.2. The van der Waals surface area contributed by atoms with Gasteiger partial charge in [-0.25, -0.2) is 13.1 Å². The monoisotopic (exact) mass is 380 g/mol. The summed E-state index contributed by atoms with van der Waals surface area (Å²) in [5.74, 6) is 0.745. The Morgan fingerprint density at radius 1 is 1.19 bits per heavy atom. The van der Waals surface area contributed by atoms with Crippen molar-refractivity contribution in [1.29, 1.82) is 0 Å². The first-order chi connectivity index (χ1) is 12.4. The molecular weight excluding hydrogens is 352 g/mol. The number of carbonyl (C=O) groups excluding carboxylic acids is 1. The van der Waals surface area contributed by atoms with Gasteiger partial charge in [-0.2, -0.15) is 0 Å². The van der Waals surface area contributed by atoms with Crippen molar-refractivity contribution in [3.8, 4) is 0 Å². The summed E-state index contributed by atoms with van der Waals surface area (Å²) in [4.78, 5) is 12.8. The third-order valence-corrected chi connectivity index (χ3v) is 7.09. The van der Waals surface area contributed by atoms with E-state index < -0.39 is 10.0 Å². The molecule has 2 aliphatic carbocycles. The van der Waals surface area contributed by atoms with Gasteiger partial charge in [0.15, 0.2) is 0 Å². The van der Waals surface area contributed by atoms with Gasteiger partial charge in [-0.15, -0.1) is 0 Å². The molecule has 2 saturated carbocycles. The quantitative estimate of drug-likeness (QED) is 0.586. The van der Waals surface area contributed by atoms with Crippen LogP contribution >= 0.6 is 0 Å². The number of amides is 1. The highest BCUT2D eigenvalue weighted by Gasteiger charge is 2.40. The molecule has 6 N–H and O–H groups in total. The summed E-state index contributed by atoms with van der Waals surface area (Å²) in [6.07, 6.45) is 5.04. The van der Waals surface area contributed by atoms with Crippen LogP contribution in [0.3, 0.4) is 0 Å². The number of benzene rings is 1. The van der Waals surface area contributed by atoms with Gasteiger partial charge in [0.05, 0.1) is 4.90 Å². The van der Waals surface area contributed by atoms with Gasteiger partial charge < -0.3 is 16.8 Å². The molecule has 1 aromatic carbocycles. The van der Waals surface area contributed by atoms with E-state index >= 15 is 0 Å². The van der Waals surface area contributed by atoms with Gasteiger partial charge in [0.25, 0.3) is 0 Å². The zero-order valence-corrected chi connectivity index (χ0v) is 15.7. The molecule has 2 bridgehead atoms. The first-order valence-corrected chi connectivity index (χ1v) is 10.8. The average molecular weight is 381 g/mol. The maximum atomic E-state index is 12.7. The van der Waals surface area contributed by atoms with E-state index in [2.05, 4.69) is 10.0 Å². The number of sulfonamides is 1. The largest absolute Gasteiger partial charge is 0.329 e. The summed E-state index contributed by atoms with van der Waals surface area (Å²) in [7, 11) is -3.62. The molecule has 0 heterocycles. The number of anilines is 1. The number of fused-ring (bicyclic) bond motifs is 2. The van der Waals surface area contributed by atoms with Gasteiger partial charge in [-0.05, 0) is 55.7 Å². The summed E-state index contributed by atoms with van der Waals surface area (Å²) in [6.45, 7) is 0.395. The van der Waals surface area contributed by atoms with Crippen LogP contribution in [-0.4, -0.2) is 33.5 Å². The molecule has 2 atom stereocenters. The van der Waals surface area contributed by atoms with Gasteiger partial charge in [-0.1, -0.05) is 12.5 Å². The van der Waals surface area contributed by atoms with Crippen molar-refractivity contribution in [2.75, 3.05) is 18.4 Å². The summed E-state index contributed by atoms with van der Waals surface area (Å²) in [6, 6.07) is 6.52. The number of rotatable bonds is 6. The standard InChI is InChI=1S/C18H28N4O3S/c19-7-8-21-26(24,25)16-6-2-5-15(11-16)22-18(23)14-9-12-3-1-4-13(10-14)17(12)20/h2,5-6,11-14,17,21H,1,3-4,7-10,19-20H2,(H,22,23). The lowest BCUT2D eigenvalue weighted by molar-refractivity contribution is -0.122. The van der Waals surface area contributed by atoms with Crippen LogP contribution in [0.1, 0.15) is 32.1 Å². The second kappa shape index (κ2) is 8.04. The molecule has 1 aromatic rings. The number of nitrogens with one attached hydrogen (secondary N) is 2. The van der Waals surface area contributed by atoms with Crippen molar-refractivity contribution in [2.24, 2.45) is 29.2 Å². The van der Waals surface area contributed by atoms with Crippen molar-refractivity contribution in [1.82, 2.24) is 4.72 Å². The van der Waals surface area contributed by atoms with Crippen LogP contribution in [0.2, 0.25) is 0 Å². The molecule has 144 valence electrons. The first kappa shape index (κ1) is 19.3. The second-order valence-corrected chi connectivity index (χ2v) is 9.17. The maximum Gasteiger partial charge on any atom is 0.240 e. The summed E-state index contributed by atoms with van der Waals surface area (Å²) < 4.78 is 26.8. The van der Waals surface area contributed by atoms with E-state index in [1.165, 1.54) is 18.6 Å². The molecule has 7 nitrogen and oxygen atoms in total. The lowest BCUT2D eigenvalue weighted by Gasteiger charge is -2.43. The van der Waals surface area contributed by atoms with Crippen LogP contribution < -0.4 is 21.5 Å². The predicted molar refractivity (Wildman–Crippen MR) is 101 cm³/mol. The van der Waals surface area contributed by atoms with Gasteiger partial charge in [0.1, 0.15) is 0 Å². The smallest absolute Gasteiger partial charge is 0.240 e. The lowest BCUT2D eigenvalue weighted by Crippen LogP contribution is -2.48. The van der Waals surface area contributed by atoms with E-state index in [1.54, 1.807) is 12.1 Å². The normalized spacial score (nSPS) is 28.5. The van der Waals surface area contributed by atoms with Crippen LogP contribution in [0, 0.1) is 17.8 Å². The Hall–Kier alpha value is -1.48. The third-order valence-electron chi connectivity index (χ3n) is 5.63. The number of carbonyl (C=O) groups is 1. The van der Waals surface area contributed by atoms with Crippen molar-refractivity contribution >= 4 is 21.6 Å². The Morgan fingerprint density at radius 2 is 1.88 bits per heavy atom. The predicted octanol–water partition coefficient (Wildman–Crippen LogP) is 1.02. The maximum absolute atomic E-state index is 12.7. The fourth-order valence-corrected chi connectivity index (χ4v) is 5.36. The summed E-state index contributed by atoms with van der Waals surface area (Å²) in [5.41, 5.74) is 12.1. The van der Waals surface area contributed by atoms with E-state index in [0.29, 0.717) is 17.5 Å². The van der Waals surface area contributed by atoms with E-state index in [1.807, 2.05) is 0 Å². The SMILES string of the molecule is NCCNS(=O)(=O)c1cccc(NC(=O)C2CC3CCCC(C2)C3N)c1. The van der Waals surface area contributed by atoms with E-state index in [0.717, 1.165) is 25.7 Å². The highest BCUT2D eigenvalue weighted by molar-refractivity contribution is 7.89. The third kappa shape index (κ3) is 4.25. The zero-order valence-electron chi connectivity index (χ0n) is 14.9. The molecule has 0 aromatic heterocycles. The molecule has 2 fully saturated rings. The van der Waals surface area contributed by atoms with E-state index in [9.17, 15) is 13.2 Å². The minimum absolute atomic E-state index is 0.0433. The molecular formula is C18H28N4O3S. The van der Waals surface area contributed by atoms with Crippen LogP contribution in [0.25, 0.3) is 0 Å². The molecule has 0 aliphatic heterocycles. The molecule has 2 unspecified atom stereocenters. The molecule has 2 aliphatic rings. The van der Waals surface area contributed by atoms with Crippen molar-refractivity contribution < 1.29 is 13.2 Å². The second-order valence-electron chi connectivity index (χ2n) is 7.40. The minimum atomic E-state index is -3.62. The van der Waals surface area contributed by atoms with E-state index in [4.69, 9.17) is 11.5 Å². The topological polar surface area (TPSA) is 127 Å². The van der Waals surface area contributed by atoms with Gasteiger partial charge in [-0.3, -0.25) is 4.79 Å². The molecule has 0 radical (unpaired) electrons. The molecule has 0 saturated heterocycles. The molecule has 1 amide bonds. The highest BCUT2D eigenvalue weighted by Crippen LogP contribution is 2.42. The Bertz CT molecular complexity index is 739. The molecule has 8 heteroatoms. The molecule has 3 rings (SSSR count). The Balaban J connectivity index is 1.67. The van der Waals surface area contributed by atoms with E-state index in [-0.39, 0.29) is 35.9 Å². The van der Waals surface area contributed by atoms with Crippen molar-refractivity contribution in [3.63, 3.8) is 0 Å². The Morgan fingerprint density at radius 3 is 2.54 bits per heavy atom. The number of nitrogens with two attached hydrogens (primary N) is 2. The Kier molecular flexibility index (Phi) is 5.96. The fourth-order valence-electron chi connectivity index (χ4n) is 4.27. The zero-order chi connectivity index (χ0) is 18.7. The summed E-state index contributed by atoms with van der Waals surface area (Å²) in [5, 5.41) is 2.89. The van der Waals surface area contributed by atoms with Gasteiger partial charge >= 0.3 is 0 Å². The Labute approximate surface area is 155 Å². The van der Waals surface area contributed by atoms with Gasteiger partial charge in [0.2, 0.25) is 15.9 Å². The summed E-state index contributed by atoms with van der Waals surface area (Å²) >= 11 is 0. The minimum Gasteiger partial charge on any atom is -0.329 e. The molecule has 0 spiro atoms. The number of hydrogen-bond donors (Lipinski definition) is 4. The van der Waals surface area contributed by atoms with Crippen LogP contribution in [0.4, 0.5) is 5.69 Å². The fraction of sp³-hybridized carbons (Fsp3) is 0.611. The number of hydrogen-bond acceptors (Lipinski definition) is 5. The van der Waals surface area contributed by atoms with Crippen molar-refractivity contribution in [3.05, 3.63) is 24.3 Å². The van der Waals surface area contributed by atoms with Crippen LogP contribution in [0.15, 0.2) is 29.2 Å². The van der Waals surface area contributed by atoms with Crippen molar-refractivity contribution in [2.45, 2.75) is 43.0 Å². The lowest BCUT2D eigenvalue weighted by atomic mass is 9.65. The molecule has 26 heavy (non-hydrogen) atoms. The van der Waals surface area contributed by atoms with Crippen LogP contribution in [-0.2, 0) is 14.8 Å². The van der Waals surface area contributed by atoms with Gasteiger partial charge in [0, 0.05) is 30.7 Å². The first-order valence-electron chi connectivity index (χ1n) is 9.27.